The van der Waals surface area contributed by atoms with Gasteiger partial charge in [-0.25, -0.2) is 0 Å². The lowest BCUT2D eigenvalue weighted by Crippen LogP contribution is -1.94. The number of aliphatic hydroxyl groups is 1. The van der Waals surface area contributed by atoms with Gasteiger partial charge in [0.1, 0.15) is 0 Å². The van der Waals surface area contributed by atoms with Crippen LogP contribution in [-0.4, -0.2) is 16.7 Å². The van der Waals surface area contributed by atoms with E-state index in [2.05, 4.69) is 32.9 Å². The summed E-state index contributed by atoms with van der Waals surface area (Å²) >= 11 is 0. The van der Waals surface area contributed by atoms with Crippen molar-refractivity contribution in [2.75, 3.05) is 0 Å². The van der Waals surface area contributed by atoms with Crippen molar-refractivity contribution in [3.05, 3.63) is 46.2 Å². The van der Waals surface area contributed by atoms with Crippen LogP contribution >= 0.6 is 0 Å². The number of aryl methyl sites for hydroxylation is 4. The minimum absolute atomic E-state index is 0.250. The maximum absolute atomic E-state index is 8.82. The molecule has 0 fully saturated rings. The van der Waals surface area contributed by atoms with Crippen LogP contribution in [-0.2, 0) is 11.2 Å². The SMILES string of the molecule is CC(=CO)CCc1cc(C)c(C)cc1C.O=CO. The average molecular weight is 250 g/mol. The summed E-state index contributed by atoms with van der Waals surface area (Å²) in [5, 5.41) is 15.7. The van der Waals surface area contributed by atoms with E-state index in [1.807, 2.05) is 6.92 Å². The van der Waals surface area contributed by atoms with Crippen LogP contribution in [0.25, 0.3) is 0 Å². The van der Waals surface area contributed by atoms with Crippen LogP contribution in [0.2, 0.25) is 0 Å². The van der Waals surface area contributed by atoms with Gasteiger partial charge in [-0.2, -0.15) is 0 Å². The summed E-state index contributed by atoms with van der Waals surface area (Å²) in [4.78, 5) is 8.36. The van der Waals surface area contributed by atoms with Gasteiger partial charge in [-0.15, -0.1) is 0 Å². The summed E-state index contributed by atoms with van der Waals surface area (Å²) in [6.07, 6.45) is 3.14. The summed E-state index contributed by atoms with van der Waals surface area (Å²) in [6, 6.07) is 4.50. The number of hydrogen-bond acceptors (Lipinski definition) is 2. The number of rotatable bonds is 3. The van der Waals surface area contributed by atoms with Gasteiger partial charge in [-0.3, -0.25) is 4.79 Å². The molecule has 18 heavy (non-hydrogen) atoms. The number of aliphatic hydroxyl groups excluding tert-OH is 1. The molecule has 0 bridgehead atoms. The summed E-state index contributed by atoms with van der Waals surface area (Å²) in [5.41, 5.74) is 6.47. The summed E-state index contributed by atoms with van der Waals surface area (Å²) in [6.45, 7) is 8.15. The van der Waals surface area contributed by atoms with E-state index in [9.17, 15) is 0 Å². The van der Waals surface area contributed by atoms with Gasteiger partial charge in [-0.1, -0.05) is 12.1 Å². The first-order valence-corrected chi connectivity index (χ1v) is 5.90. The Morgan fingerprint density at radius 2 is 1.61 bits per heavy atom. The molecule has 0 heterocycles. The second-order valence-electron chi connectivity index (χ2n) is 4.44. The minimum Gasteiger partial charge on any atom is -0.516 e. The zero-order valence-electron chi connectivity index (χ0n) is 11.5. The fraction of sp³-hybridized carbons (Fsp3) is 0.400. The Bertz CT molecular complexity index is 420. The van der Waals surface area contributed by atoms with Crippen LogP contribution in [0.15, 0.2) is 24.0 Å². The second kappa shape index (κ2) is 8.34. The number of hydrogen-bond donors (Lipinski definition) is 2. The van der Waals surface area contributed by atoms with Crippen LogP contribution in [0, 0.1) is 20.8 Å². The van der Waals surface area contributed by atoms with Gasteiger partial charge in [0.05, 0.1) is 6.26 Å². The fourth-order valence-corrected chi connectivity index (χ4v) is 1.69. The first kappa shape index (κ1) is 16.2. The van der Waals surface area contributed by atoms with Crippen LogP contribution < -0.4 is 0 Å². The van der Waals surface area contributed by atoms with Gasteiger partial charge in [0, 0.05) is 0 Å². The van der Waals surface area contributed by atoms with Crippen molar-refractivity contribution in [2.24, 2.45) is 0 Å². The van der Waals surface area contributed by atoms with Crippen molar-refractivity contribution in [1.82, 2.24) is 0 Å². The van der Waals surface area contributed by atoms with E-state index in [4.69, 9.17) is 15.0 Å². The molecule has 0 aliphatic heterocycles. The zero-order valence-corrected chi connectivity index (χ0v) is 11.5. The molecular weight excluding hydrogens is 228 g/mol. The molecule has 1 rings (SSSR count). The van der Waals surface area contributed by atoms with Gasteiger partial charge in [0.2, 0.25) is 0 Å². The highest BCUT2D eigenvalue weighted by atomic mass is 16.3. The van der Waals surface area contributed by atoms with E-state index in [0.717, 1.165) is 18.4 Å². The van der Waals surface area contributed by atoms with E-state index in [-0.39, 0.29) is 6.47 Å². The Hall–Kier alpha value is -1.77. The normalized spacial score (nSPS) is 10.6. The van der Waals surface area contributed by atoms with E-state index < -0.39 is 0 Å². The molecule has 0 amide bonds. The molecular formula is C15H22O3. The summed E-state index contributed by atoms with van der Waals surface area (Å²) in [7, 11) is 0. The Balaban J connectivity index is 0.000000873. The van der Waals surface area contributed by atoms with Crippen LogP contribution in [0.5, 0.6) is 0 Å². The quantitative estimate of drug-likeness (QED) is 0.635. The standard InChI is InChI=1S/C14H20O.CH2O2/c1-10(9-15)5-6-14-8-12(3)11(2)7-13(14)4;2-1-3/h7-9,15H,5-6H2,1-4H3;1H,(H,2,3). The summed E-state index contributed by atoms with van der Waals surface area (Å²) in [5.74, 6) is 0. The van der Waals surface area contributed by atoms with E-state index in [1.165, 1.54) is 28.5 Å². The molecule has 3 heteroatoms. The van der Waals surface area contributed by atoms with Crippen molar-refractivity contribution in [1.29, 1.82) is 0 Å². The molecule has 0 saturated carbocycles. The minimum atomic E-state index is -0.250. The highest BCUT2D eigenvalue weighted by molar-refractivity contribution is 5.36. The molecule has 0 atom stereocenters. The maximum Gasteiger partial charge on any atom is 0.290 e. The molecule has 0 spiro atoms. The first-order chi connectivity index (χ1) is 8.46. The summed E-state index contributed by atoms with van der Waals surface area (Å²) < 4.78 is 0. The van der Waals surface area contributed by atoms with Gasteiger partial charge in [0.15, 0.2) is 0 Å². The highest BCUT2D eigenvalue weighted by Crippen LogP contribution is 2.18. The highest BCUT2D eigenvalue weighted by Gasteiger charge is 2.02. The molecule has 0 radical (unpaired) electrons. The van der Waals surface area contributed by atoms with Gasteiger partial charge >= 0.3 is 0 Å². The van der Waals surface area contributed by atoms with Gasteiger partial charge in [0.25, 0.3) is 6.47 Å². The Morgan fingerprint density at radius 3 is 2.11 bits per heavy atom. The smallest absolute Gasteiger partial charge is 0.290 e. The van der Waals surface area contributed by atoms with Crippen molar-refractivity contribution in [3.8, 4) is 0 Å². The third-order valence-electron chi connectivity index (χ3n) is 2.96. The average Bonchev–Trinajstić information content (AvgIpc) is 2.32. The molecule has 0 aromatic heterocycles. The molecule has 0 unspecified atom stereocenters. The number of carbonyl (C=O) groups is 1. The van der Waals surface area contributed by atoms with Crippen LogP contribution in [0.4, 0.5) is 0 Å². The Morgan fingerprint density at radius 1 is 1.11 bits per heavy atom. The molecule has 2 N–H and O–H groups in total. The third-order valence-corrected chi connectivity index (χ3v) is 2.96. The maximum atomic E-state index is 8.82. The van der Waals surface area contributed by atoms with E-state index in [1.54, 1.807) is 0 Å². The molecule has 0 aliphatic rings. The van der Waals surface area contributed by atoms with Crippen molar-refractivity contribution >= 4 is 6.47 Å². The lowest BCUT2D eigenvalue weighted by Gasteiger charge is -2.09. The van der Waals surface area contributed by atoms with Crippen LogP contribution in [0.1, 0.15) is 35.6 Å². The molecule has 0 aliphatic carbocycles. The number of allylic oxidation sites excluding steroid dienone is 1. The number of benzene rings is 1. The predicted octanol–water partition coefficient (Wildman–Crippen LogP) is 3.71. The monoisotopic (exact) mass is 250 g/mol. The second-order valence-corrected chi connectivity index (χ2v) is 4.44. The molecule has 1 aromatic carbocycles. The largest absolute Gasteiger partial charge is 0.516 e. The third kappa shape index (κ3) is 5.53. The van der Waals surface area contributed by atoms with E-state index in [0.29, 0.717) is 0 Å². The Labute approximate surface area is 109 Å². The number of carboxylic acid groups (broad SMARTS) is 1. The topological polar surface area (TPSA) is 57.5 Å². The molecule has 3 nitrogen and oxygen atoms in total. The van der Waals surface area contributed by atoms with E-state index >= 15 is 0 Å². The predicted molar refractivity (Wildman–Crippen MR) is 74.1 cm³/mol. The zero-order chi connectivity index (χ0) is 14.1. The lowest BCUT2D eigenvalue weighted by atomic mass is 9.96. The lowest BCUT2D eigenvalue weighted by molar-refractivity contribution is -0.122. The van der Waals surface area contributed by atoms with Crippen molar-refractivity contribution in [3.63, 3.8) is 0 Å². The van der Waals surface area contributed by atoms with Crippen molar-refractivity contribution < 1.29 is 15.0 Å². The van der Waals surface area contributed by atoms with Crippen LogP contribution in [0.3, 0.4) is 0 Å². The van der Waals surface area contributed by atoms with Crippen molar-refractivity contribution in [2.45, 2.75) is 40.5 Å². The molecule has 1 aromatic rings. The molecule has 100 valence electrons. The van der Waals surface area contributed by atoms with Gasteiger partial charge < -0.3 is 10.2 Å². The first-order valence-electron chi connectivity index (χ1n) is 5.90. The molecule has 0 saturated heterocycles. The fourth-order valence-electron chi connectivity index (χ4n) is 1.69. The van der Waals surface area contributed by atoms with Gasteiger partial charge in [-0.05, 0) is 68.4 Å². The Kier molecular flexibility index (Phi) is 7.52.